The van der Waals surface area contributed by atoms with E-state index in [4.69, 9.17) is 0 Å². The maximum absolute atomic E-state index is 12.2. The summed E-state index contributed by atoms with van der Waals surface area (Å²) >= 11 is 0. The Morgan fingerprint density at radius 2 is 2.13 bits per heavy atom. The number of carbonyl (C=O) groups excluding carboxylic acids is 1. The summed E-state index contributed by atoms with van der Waals surface area (Å²) in [5.74, 6) is 0.277. The molecule has 2 atom stereocenters. The van der Waals surface area contributed by atoms with E-state index in [2.05, 4.69) is 26.1 Å². The van der Waals surface area contributed by atoms with Crippen molar-refractivity contribution in [1.29, 1.82) is 0 Å². The molecule has 0 bridgehead atoms. The van der Waals surface area contributed by atoms with Gasteiger partial charge in [-0.3, -0.25) is 4.79 Å². The fraction of sp³-hybridized carbons (Fsp3) is 0.917. The smallest absolute Gasteiger partial charge is 0.239 e. The maximum atomic E-state index is 12.2. The lowest BCUT2D eigenvalue weighted by molar-refractivity contribution is -0.135. The number of hydrogen-bond donors (Lipinski definition) is 1. The Bertz CT molecular complexity index is 216. The van der Waals surface area contributed by atoms with E-state index in [1.165, 1.54) is 12.8 Å². The zero-order chi connectivity index (χ0) is 11.4. The Labute approximate surface area is 93.2 Å². The van der Waals surface area contributed by atoms with Gasteiger partial charge in [-0.2, -0.15) is 0 Å². The van der Waals surface area contributed by atoms with Crippen LogP contribution in [0.4, 0.5) is 0 Å². The van der Waals surface area contributed by atoms with Gasteiger partial charge >= 0.3 is 0 Å². The largest absolute Gasteiger partial charge is 0.339 e. The molecule has 1 aliphatic heterocycles. The number of amides is 1. The minimum Gasteiger partial charge on any atom is -0.339 e. The van der Waals surface area contributed by atoms with Crippen LogP contribution in [0.5, 0.6) is 0 Å². The first kappa shape index (κ1) is 12.5. The monoisotopic (exact) mass is 212 g/mol. The SMILES string of the molecule is CCN(C(=O)C1CCCC(C)N1)C(C)C. The van der Waals surface area contributed by atoms with E-state index in [0.29, 0.717) is 12.1 Å². The van der Waals surface area contributed by atoms with Crippen LogP contribution in [0.1, 0.15) is 47.0 Å². The van der Waals surface area contributed by atoms with E-state index >= 15 is 0 Å². The van der Waals surface area contributed by atoms with Gasteiger partial charge in [0.25, 0.3) is 0 Å². The molecule has 3 nitrogen and oxygen atoms in total. The second-order valence-electron chi connectivity index (χ2n) is 4.77. The molecule has 1 N–H and O–H groups in total. The third-order valence-corrected chi connectivity index (χ3v) is 3.16. The highest BCUT2D eigenvalue weighted by Gasteiger charge is 2.28. The maximum Gasteiger partial charge on any atom is 0.239 e. The molecule has 1 aliphatic rings. The summed E-state index contributed by atoms with van der Waals surface area (Å²) in [6, 6.07) is 0.844. The lowest BCUT2D eigenvalue weighted by Gasteiger charge is -2.34. The average Bonchev–Trinajstić information content (AvgIpc) is 2.18. The molecule has 0 spiro atoms. The molecule has 0 radical (unpaired) electrons. The zero-order valence-electron chi connectivity index (χ0n) is 10.4. The summed E-state index contributed by atoms with van der Waals surface area (Å²) in [5, 5.41) is 3.39. The first-order chi connectivity index (χ1) is 7.06. The number of rotatable bonds is 3. The number of likely N-dealkylation sites (N-methyl/N-ethyl adjacent to an activating group) is 1. The van der Waals surface area contributed by atoms with E-state index in [1.807, 2.05) is 11.8 Å². The van der Waals surface area contributed by atoms with Crippen molar-refractivity contribution in [3.05, 3.63) is 0 Å². The molecule has 15 heavy (non-hydrogen) atoms. The van der Waals surface area contributed by atoms with E-state index < -0.39 is 0 Å². The number of nitrogens with zero attached hydrogens (tertiary/aromatic N) is 1. The molecule has 1 heterocycles. The topological polar surface area (TPSA) is 32.3 Å². The van der Waals surface area contributed by atoms with Crippen molar-refractivity contribution < 1.29 is 4.79 Å². The van der Waals surface area contributed by atoms with Crippen LogP contribution in [-0.2, 0) is 4.79 Å². The van der Waals surface area contributed by atoms with Gasteiger partial charge in [0, 0.05) is 18.6 Å². The number of hydrogen-bond acceptors (Lipinski definition) is 2. The predicted octanol–water partition coefficient (Wildman–Crippen LogP) is 1.77. The predicted molar refractivity (Wildman–Crippen MR) is 62.8 cm³/mol. The minimum absolute atomic E-state index is 0.0519. The Balaban J connectivity index is 2.57. The molecule has 88 valence electrons. The average molecular weight is 212 g/mol. The highest BCUT2D eigenvalue weighted by Crippen LogP contribution is 2.15. The van der Waals surface area contributed by atoms with Gasteiger partial charge in [-0.25, -0.2) is 0 Å². The Kier molecular flexibility index (Phi) is 4.58. The quantitative estimate of drug-likeness (QED) is 0.773. The molecule has 2 unspecified atom stereocenters. The number of piperidine rings is 1. The van der Waals surface area contributed by atoms with Crippen molar-refractivity contribution in [3.63, 3.8) is 0 Å². The van der Waals surface area contributed by atoms with Crippen LogP contribution in [0.25, 0.3) is 0 Å². The lowest BCUT2D eigenvalue weighted by atomic mass is 9.98. The van der Waals surface area contributed by atoms with Gasteiger partial charge in [-0.1, -0.05) is 0 Å². The molecule has 0 aromatic heterocycles. The molecular weight excluding hydrogens is 188 g/mol. The van der Waals surface area contributed by atoms with Crippen molar-refractivity contribution in [1.82, 2.24) is 10.2 Å². The van der Waals surface area contributed by atoms with Crippen LogP contribution in [0, 0.1) is 0 Å². The van der Waals surface area contributed by atoms with E-state index in [1.54, 1.807) is 0 Å². The zero-order valence-corrected chi connectivity index (χ0v) is 10.4. The Morgan fingerprint density at radius 1 is 1.47 bits per heavy atom. The van der Waals surface area contributed by atoms with Crippen molar-refractivity contribution in [2.45, 2.75) is 65.1 Å². The summed E-state index contributed by atoms with van der Waals surface area (Å²) in [5.41, 5.74) is 0. The normalized spacial score (nSPS) is 26.7. The van der Waals surface area contributed by atoms with Crippen LogP contribution in [-0.4, -0.2) is 35.5 Å². The van der Waals surface area contributed by atoms with Crippen LogP contribution in [0.3, 0.4) is 0 Å². The van der Waals surface area contributed by atoms with Crippen molar-refractivity contribution in [2.75, 3.05) is 6.54 Å². The molecular formula is C12H24N2O. The van der Waals surface area contributed by atoms with E-state index in [0.717, 1.165) is 13.0 Å². The van der Waals surface area contributed by atoms with Crippen molar-refractivity contribution in [3.8, 4) is 0 Å². The minimum atomic E-state index is 0.0519. The number of carbonyl (C=O) groups is 1. The lowest BCUT2D eigenvalue weighted by Crippen LogP contribution is -2.53. The molecule has 1 saturated heterocycles. The van der Waals surface area contributed by atoms with Crippen LogP contribution >= 0.6 is 0 Å². The van der Waals surface area contributed by atoms with Crippen LogP contribution in [0.2, 0.25) is 0 Å². The highest BCUT2D eigenvalue weighted by molar-refractivity contribution is 5.82. The van der Waals surface area contributed by atoms with Gasteiger partial charge in [-0.15, -0.1) is 0 Å². The van der Waals surface area contributed by atoms with Gasteiger partial charge in [-0.05, 0) is 47.0 Å². The molecule has 0 aromatic rings. The summed E-state index contributed by atoms with van der Waals surface area (Å²) in [4.78, 5) is 14.1. The molecule has 3 heteroatoms. The molecule has 0 saturated carbocycles. The van der Waals surface area contributed by atoms with Crippen LogP contribution in [0.15, 0.2) is 0 Å². The molecule has 0 aromatic carbocycles. The molecule has 1 amide bonds. The second kappa shape index (κ2) is 5.50. The molecule has 1 fully saturated rings. The Morgan fingerprint density at radius 3 is 2.60 bits per heavy atom. The molecule has 0 aliphatic carbocycles. The van der Waals surface area contributed by atoms with Crippen LogP contribution < -0.4 is 5.32 Å². The number of nitrogens with one attached hydrogen (secondary N) is 1. The van der Waals surface area contributed by atoms with Gasteiger partial charge in [0.2, 0.25) is 5.91 Å². The first-order valence-electron chi connectivity index (χ1n) is 6.12. The molecule has 1 rings (SSSR count). The summed E-state index contributed by atoms with van der Waals surface area (Å²) in [6.45, 7) is 9.17. The third-order valence-electron chi connectivity index (χ3n) is 3.16. The van der Waals surface area contributed by atoms with Crippen molar-refractivity contribution in [2.24, 2.45) is 0 Å². The third kappa shape index (κ3) is 3.20. The highest BCUT2D eigenvalue weighted by atomic mass is 16.2. The van der Waals surface area contributed by atoms with Gasteiger partial charge in [0.1, 0.15) is 0 Å². The second-order valence-corrected chi connectivity index (χ2v) is 4.77. The summed E-state index contributed by atoms with van der Waals surface area (Å²) in [6.07, 6.45) is 3.35. The van der Waals surface area contributed by atoms with E-state index in [-0.39, 0.29) is 11.9 Å². The standard InChI is InChI=1S/C12H24N2O/c1-5-14(9(2)3)12(15)11-8-6-7-10(4)13-11/h9-11,13H,5-8H2,1-4H3. The van der Waals surface area contributed by atoms with E-state index in [9.17, 15) is 4.79 Å². The van der Waals surface area contributed by atoms with Gasteiger partial charge in [0.05, 0.1) is 6.04 Å². The summed E-state index contributed by atoms with van der Waals surface area (Å²) < 4.78 is 0. The van der Waals surface area contributed by atoms with Gasteiger partial charge < -0.3 is 10.2 Å². The van der Waals surface area contributed by atoms with Gasteiger partial charge in [0.15, 0.2) is 0 Å². The Hall–Kier alpha value is -0.570. The first-order valence-corrected chi connectivity index (χ1v) is 6.12. The fourth-order valence-electron chi connectivity index (χ4n) is 2.31. The fourth-order valence-corrected chi connectivity index (χ4v) is 2.31. The van der Waals surface area contributed by atoms with Crippen molar-refractivity contribution >= 4 is 5.91 Å². The summed E-state index contributed by atoms with van der Waals surface area (Å²) in [7, 11) is 0.